The number of nitrogens with two attached hydrogens (primary N) is 1. The molecule has 0 saturated heterocycles. The number of hydrogen-bond donors (Lipinski definition) is 2. The zero-order valence-corrected chi connectivity index (χ0v) is 19.5. The van der Waals surface area contributed by atoms with Crippen molar-refractivity contribution in [3.8, 4) is 11.8 Å². The van der Waals surface area contributed by atoms with Gasteiger partial charge in [-0.3, -0.25) is 14.5 Å². The molecule has 0 radical (unpaired) electrons. The van der Waals surface area contributed by atoms with Crippen LogP contribution in [-0.2, 0) is 9.59 Å². The van der Waals surface area contributed by atoms with Gasteiger partial charge >= 0.3 is 5.97 Å². The number of anilines is 1. The van der Waals surface area contributed by atoms with E-state index in [1.807, 2.05) is 20.8 Å². The highest BCUT2D eigenvalue weighted by Crippen LogP contribution is 2.38. The van der Waals surface area contributed by atoms with Gasteiger partial charge in [-0.2, -0.15) is 0 Å². The molecule has 2 amide bonds. The van der Waals surface area contributed by atoms with Gasteiger partial charge in [0.2, 0.25) is 11.8 Å². The van der Waals surface area contributed by atoms with Crippen LogP contribution in [0.15, 0.2) is 6.07 Å². The second kappa shape index (κ2) is 8.81. The van der Waals surface area contributed by atoms with Crippen molar-refractivity contribution in [3.05, 3.63) is 15.8 Å². The molecule has 1 aliphatic rings. The maximum absolute atomic E-state index is 13.6. The summed E-state index contributed by atoms with van der Waals surface area (Å²) in [6.45, 7) is 11.2. The van der Waals surface area contributed by atoms with Crippen molar-refractivity contribution < 1.29 is 19.5 Å². The van der Waals surface area contributed by atoms with E-state index < -0.39 is 17.4 Å². The Hall–Kier alpha value is -2.33. The van der Waals surface area contributed by atoms with Gasteiger partial charge in [-0.15, -0.1) is 11.3 Å². The van der Waals surface area contributed by atoms with E-state index in [9.17, 15) is 19.5 Å². The SMILES string of the molecule is CC1CCC(C(=O)N(c2cc(C#CC(C)(C)C)sc2C(=O)O)C(C)(C)C(N)=O)CC1. The summed E-state index contributed by atoms with van der Waals surface area (Å²) in [6, 6.07) is 1.60. The van der Waals surface area contributed by atoms with Crippen molar-refractivity contribution in [2.24, 2.45) is 23.0 Å². The molecule has 0 aromatic carbocycles. The van der Waals surface area contributed by atoms with Gasteiger partial charge in [-0.1, -0.05) is 18.8 Å². The molecule has 0 spiro atoms. The minimum atomic E-state index is -1.37. The van der Waals surface area contributed by atoms with Gasteiger partial charge in [0.1, 0.15) is 10.4 Å². The lowest BCUT2D eigenvalue weighted by Crippen LogP contribution is -2.58. The quantitative estimate of drug-likeness (QED) is 0.679. The molecule has 1 aromatic rings. The van der Waals surface area contributed by atoms with Crippen LogP contribution in [0.4, 0.5) is 5.69 Å². The molecule has 3 N–H and O–H groups in total. The Morgan fingerprint density at radius 2 is 1.70 bits per heavy atom. The summed E-state index contributed by atoms with van der Waals surface area (Å²) < 4.78 is 0. The molecule has 1 fully saturated rings. The second-order valence-corrected chi connectivity index (χ2v) is 10.7. The number of carbonyl (C=O) groups excluding carboxylic acids is 2. The average Bonchev–Trinajstić information content (AvgIpc) is 3.03. The lowest BCUT2D eigenvalue weighted by Gasteiger charge is -2.39. The Bertz CT molecular complexity index is 891. The molecule has 1 saturated carbocycles. The molecular formula is C23H32N2O4S. The van der Waals surface area contributed by atoms with Crippen LogP contribution in [0, 0.1) is 29.1 Å². The summed E-state index contributed by atoms with van der Waals surface area (Å²) in [6.07, 6.45) is 3.29. The van der Waals surface area contributed by atoms with Crippen molar-refractivity contribution in [1.29, 1.82) is 0 Å². The number of carbonyl (C=O) groups is 3. The Labute approximate surface area is 182 Å². The van der Waals surface area contributed by atoms with E-state index in [1.165, 1.54) is 4.90 Å². The fourth-order valence-electron chi connectivity index (χ4n) is 3.51. The van der Waals surface area contributed by atoms with Gasteiger partial charge in [0.15, 0.2) is 0 Å². The van der Waals surface area contributed by atoms with Crippen LogP contribution in [0.2, 0.25) is 0 Å². The molecule has 0 atom stereocenters. The summed E-state index contributed by atoms with van der Waals surface area (Å²) in [4.78, 5) is 39.6. The zero-order valence-electron chi connectivity index (χ0n) is 18.7. The largest absolute Gasteiger partial charge is 0.477 e. The van der Waals surface area contributed by atoms with Crippen LogP contribution < -0.4 is 10.6 Å². The minimum absolute atomic E-state index is 0.0138. The molecule has 6 nitrogen and oxygen atoms in total. The summed E-state index contributed by atoms with van der Waals surface area (Å²) in [5.74, 6) is 4.30. The first kappa shape index (κ1) is 23.9. The number of thiophene rings is 1. The van der Waals surface area contributed by atoms with E-state index in [1.54, 1.807) is 19.9 Å². The molecule has 1 heterocycles. The molecule has 1 aromatic heterocycles. The Morgan fingerprint density at radius 3 is 2.17 bits per heavy atom. The monoisotopic (exact) mass is 432 g/mol. The maximum atomic E-state index is 13.6. The minimum Gasteiger partial charge on any atom is -0.477 e. The molecule has 0 unspecified atom stereocenters. The van der Waals surface area contributed by atoms with Gasteiger partial charge in [0, 0.05) is 11.3 Å². The number of carboxylic acid groups (broad SMARTS) is 1. The van der Waals surface area contributed by atoms with Crippen LogP contribution in [-0.4, -0.2) is 28.4 Å². The van der Waals surface area contributed by atoms with E-state index in [0.29, 0.717) is 23.6 Å². The third-order valence-corrected chi connectivity index (χ3v) is 6.48. The van der Waals surface area contributed by atoms with Crippen molar-refractivity contribution in [3.63, 3.8) is 0 Å². The van der Waals surface area contributed by atoms with E-state index in [0.717, 1.165) is 24.2 Å². The molecule has 30 heavy (non-hydrogen) atoms. The van der Waals surface area contributed by atoms with Crippen LogP contribution >= 0.6 is 11.3 Å². The number of primary amides is 1. The maximum Gasteiger partial charge on any atom is 0.348 e. The molecule has 164 valence electrons. The molecule has 1 aliphatic carbocycles. The van der Waals surface area contributed by atoms with Gasteiger partial charge in [0.05, 0.1) is 10.6 Å². The first-order chi connectivity index (χ1) is 13.7. The van der Waals surface area contributed by atoms with Crippen LogP contribution in [0.25, 0.3) is 0 Å². The first-order valence-corrected chi connectivity index (χ1v) is 11.1. The Balaban J connectivity index is 2.59. The van der Waals surface area contributed by atoms with Gasteiger partial charge < -0.3 is 10.8 Å². The topological polar surface area (TPSA) is 101 Å². The smallest absolute Gasteiger partial charge is 0.348 e. The van der Waals surface area contributed by atoms with E-state index in [-0.39, 0.29) is 27.8 Å². The summed E-state index contributed by atoms with van der Waals surface area (Å²) in [5, 5.41) is 9.80. The molecule has 0 bridgehead atoms. The number of aromatic carboxylic acids is 1. The summed E-state index contributed by atoms with van der Waals surface area (Å²) >= 11 is 1.01. The number of amides is 2. The van der Waals surface area contributed by atoms with E-state index in [2.05, 4.69) is 18.8 Å². The van der Waals surface area contributed by atoms with Crippen molar-refractivity contribution in [2.45, 2.75) is 72.8 Å². The predicted octanol–water partition coefficient (Wildman–Crippen LogP) is 4.27. The molecule has 2 rings (SSSR count). The second-order valence-electron chi connectivity index (χ2n) is 9.68. The predicted molar refractivity (Wildman–Crippen MR) is 119 cm³/mol. The van der Waals surface area contributed by atoms with Crippen molar-refractivity contribution in [1.82, 2.24) is 0 Å². The molecular weight excluding hydrogens is 400 g/mol. The molecule has 7 heteroatoms. The average molecular weight is 433 g/mol. The fraction of sp³-hybridized carbons (Fsp3) is 0.609. The van der Waals surface area contributed by atoms with E-state index in [4.69, 9.17) is 5.73 Å². The van der Waals surface area contributed by atoms with Gasteiger partial charge in [-0.25, -0.2) is 4.79 Å². The first-order valence-electron chi connectivity index (χ1n) is 10.3. The van der Waals surface area contributed by atoms with Crippen LogP contribution in [0.3, 0.4) is 0 Å². The Kier molecular flexibility index (Phi) is 7.03. The number of rotatable bonds is 5. The summed E-state index contributed by atoms with van der Waals surface area (Å²) in [7, 11) is 0. The third-order valence-electron chi connectivity index (χ3n) is 5.46. The van der Waals surface area contributed by atoms with Crippen LogP contribution in [0.1, 0.15) is 81.8 Å². The van der Waals surface area contributed by atoms with Crippen LogP contribution in [0.5, 0.6) is 0 Å². The highest BCUT2D eigenvalue weighted by molar-refractivity contribution is 7.15. The fourth-order valence-corrected chi connectivity index (χ4v) is 4.34. The molecule has 0 aliphatic heterocycles. The van der Waals surface area contributed by atoms with E-state index >= 15 is 0 Å². The number of carboxylic acids is 1. The lowest BCUT2D eigenvalue weighted by atomic mass is 9.81. The van der Waals surface area contributed by atoms with Gasteiger partial charge in [0.25, 0.3) is 0 Å². The lowest BCUT2D eigenvalue weighted by molar-refractivity contribution is -0.130. The number of nitrogens with zero attached hydrogens (tertiary/aromatic N) is 1. The van der Waals surface area contributed by atoms with Crippen molar-refractivity contribution in [2.75, 3.05) is 4.90 Å². The summed E-state index contributed by atoms with van der Waals surface area (Å²) in [5.41, 5.74) is 4.20. The van der Waals surface area contributed by atoms with Crippen molar-refractivity contribution >= 4 is 34.8 Å². The number of hydrogen-bond acceptors (Lipinski definition) is 4. The highest BCUT2D eigenvalue weighted by Gasteiger charge is 2.43. The normalized spacial score (nSPS) is 19.5. The highest BCUT2D eigenvalue weighted by atomic mass is 32.1. The third kappa shape index (κ3) is 5.42. The zero-order chi connectivity index (χ0) is 22.9. The standard InChI is InChI=1S/C23H32N2O4S/c1-14-7-9-15(10-8-14)19(26)25(23(5,6)21(24)29)17-13-16(11-12-22(2,3)4)30-18(17)20(27)28/h13-15H,7-10H2,1-6H3,(H2,24,29)(H,27,28). The Morgan fingerprint density at radius 1 is 1.13 bits per heavy atom. The van der Waals surface area contributed by atoms with Gasteiger partial charge in [-0.05, 0) is 72.3 Å².